The normalized spacial score (nSPS) is 14.2. The number of hydrogen-bond donors (Lipinski definition) is 2. The summed E-state index contributed by atoms with van der Waals surface area (Å²) in [6.45, 7) is 5.20. The number of carbonyl (C=O) groups excluding carboxylic acids is 1. The molecule has 1 saturated heterocycles. The van der Waals surface area contributed by atoms with Gasteiger partial charge >= 0.3 is 0 Å². The Labute approximate surface area is 196 Å². The van der Waals surface area contributed by atoms with E-state index >= 15 is 0 Å². The van der Waals surface area contributed by atoms with Gasteiger partial charge in [-0.2, -0.15) is 0 Å². The summed E-state index contributed by atoms with van der Waals surface area (Å²) in [6, 6.07) is 7.85. The Morgan fingerprint density at radius 2 is 2.06 bits per heavy atom. The Morgan fingerprint density at radius 1 is 1.24 bits per heavy atom. The number of halogens is 2. The molecule has 0 radical (unpaired) electrons. The number of benzene rings is 2. The molecule has 1 aliphatic heterocycles. The fourth-order valence-corrected chi connectivity index (χ4v) is 3.90. The standard InChI is InChI=1S/C24H25ClFN5O2/c1-2-33-22-14-20-17(13-21(22)30-23(32)6-5-11-31-9-3-4-10-31)24(28-15-27-20)29-16-7-8-19(26)18(25)12-16/h5-8,12-15H,2-4,9-11H2,1H3,(H,30,32)(H,27,28,29). The minimum absolute atomic E-state index is 0.00524. The van der Waals surface area contributed by atoms with E-state index in [2.05, 4.69) is 25.5 Å². The number of amides is 1. The summed E-state index contributed by atoms with van der Waals surface area (Å²) in [5.41, 5.74) is 1.72. The number of aromatic nitrogens is 2. The topological polar surface area (TPSA) is 79.4 Å². The van der Waals surface area contributed by atoms with Gasteiger partial charge in [0.1, 0.15) is 23.7 Å². The number of fused-ring (bicyclic) bond motifs is 1. The van der Waals surface area contributed by atoms with E-state index in [9.17, 15) is 9.18 Å². The van der Waals surface area contributed by atoms with Gasteiger partial charge < -0.3 is 15.4 Å². The van der Waals surface area contributed by atoms with Crippen LogP contribution in [0.5, 0.6) is 5.75 Å². The quantitative estimate of drug-likeness (QED) is 0.444. The lowest BCUT2D eigenvalue weighted by atomic mass is 10.1. The highest BCUT2D eigenvalue weighted by molar-refractivity contribution is 6.31. The van der Waals surface area contributed by atoms with Gasteiger partial charge in [-0.1, -0.05) is 17.7 Å². The maximum Gasteiger partial charge on any atom is 0.248 e. The van der Waals surface area contributed by atoms with Crippen molar-refractivity contribution in [3.63, 3.8) is 0 Å². The van der Waals surface area contributed by atoms with Crippen LogP contribution < -0.4 is 15.4 Å². The first-order valence-corrected chi connectivity index (χ1v) is 11.2. The second kappa shape index (κ2) is 10.6. The number of hydrogen-bond acceptors (Lipinski definition) is 6. The van der Waals surface area contributed by atoms with Crippen LogP contribution >= 0.6 is 11.6 Å². The molecule has 0 aliphatic carbocycles. The highest BCUT2D eigenvalue weighted by Crippen LogP contribution is 2.33. The molecule has 0 atom stereocenters. The summed E-state index contributed by atoms with van der Waals surface area (Å²) in [5, 5.41) is 6.70. The number of nitrogens with one attached hydrogen (secondary N) is 2. The highest BCUT2D eigenvalue weighted by atomic mass is 35.5. The summed E-state index contributed by atoms with van der Waals surface area (Å²) in [4.78, 5) is 23.5. The van der Waals surface area contributed by atoms with Gasteiger partial charge in [-0.15, -0.1) is 0 Å². The summed E-state index contributed by atoms with van der Waals surface area (Å²) in [5.74, 6) is 0.261. The van der Waals surface area contributed by atoms with Crippen LogP contribution in [-0.4, -0.2) is 47.0 Å². The smallest absolute Gasteiger partial charge is 0.248 e. The van der Waals surface area contributed by atoms with Crippen molar-refractivity contribution in [2.24, 2.45) is 0 Å². The van der Waals surface area contributed by atoms with Gasteiger partial charge in [-0.25, -0.2) is 14.4 Å². The van der Waals surface area contributed by atoms with E-state index in [4.69, 9.17) is 16.3 Å². The van der Waals surface area contributed by atoms with E-state index in [1.165, 1.54) is 31.3 Å². The zero-order valence-corrected chi connectivity index (χ0v) is 19.0. The molecule has 1 aliphatic rings. The van der Waals surface area contributed by atoms with E-state index in [0.29, 0.717) is 40.5 Å². The molecule has 2 aromatic carbocycles. The molecule has 2 heterocycles. The Kier molecular flexibility index (Phi) is 7.36. The lowest BCUT2D eigenvalue weighted by Crippen LogP contribution is -2.19. The van der Waals surface area contributed by atoms with Crippen LogP contribution in [0.15, 0.2) is 48.8 Å². The van der Waals surface area contributed by atoms with Crippen molar-refractivity contribution >= 4 is 45.6 Å². The van der Waals surface area contributed by atoms with Crippen LogP contribution in [0.3, 0.4) is 0 Å². The third-order valence-corrected chi connectivity index (χ3v) is 5.60. The molecular formula is C24H25ClFN5O2. The van der Waals surface area contributed by atoms with Crippen molar-refractivity contribution in [2.45, 2.75) is 19.8 Å². The lowest BCUT2D eigenvalue weighted by molar-refractivity contribution is -0.111. The van der Waals surface area contributed by atoms with Crippen molar-refractivity contribution < 1.29 is 13.9 Å². The molecule has 0 unspecified atom stereocenters. The molecule has 2 N–H and O–H groups in total. The van der Waals surface area contributed by atoms with Gasteiger partial charge in [0.05, 0.1) is 22.8 Å². The van der Waals surface area contributed by atoms with Crippen LogP contribution in [0.2, 0.25) is 5.02 Å². The van der Waals surface area contributed by atoms with Crippen LogP contribution in [0.4, 0.5) is 21.6 Å². The Hall–Kier alpha value is -3.23. The second-order valence-electron chi connectivity index (χ2n) is 7.67. The van der Waals surface area contributed by atoms with Gasteiger partial charge in [0.15, 0.2) is 0 Å². The van der Waals surface area contributed by atoms with Gasteiger partial charge in [0.25, 0.3) is 0 Å². The average molecular weight is 470 g/mol. The molecule has 7 nitrogen and oxygen atoms in total. The molecule has 4 rings (SSSR count). The number of ether oxygens (including phenoxy) is 1. The van der Waals surface area contributed by atoms with Crippen molar-refractivity contribution in [1.29, 1.82) is 0 Å². The maximum atomic E-state index is 13.5. The third-order valence-electron chi connectivity index (χ3n) is 5.31. The molecule has 0 saturated carbocycles. The second-order valence-corrected chi connectivity index (χ2v) is 8.08. The molecule has 3 aromatic rings. The third kappa shape index (κ3) is 5.77. The van der Waals surface area contributed by atoms with Crippen LogP contribution in [-0.2, 0) is 4.79 Å². The lowest BCUT2D eigenvalue weighted by Gasteiger charge is -2.14. The van der Waals surface area contributed by atoms with Gasteiger partial charge in [-0.05, 0) is 57.1 Å². The molecule has 33 heavy (non-hydrogen) atoms. The molecule has 9 heteroatoms. The van der Waals surface area contributed by atoms with Crippen molar-refractivity contribution in [3.8, 4) is 5.75 Å². The van der Waals surface area contributed by atoms with E-state index in [-0.39, 0.29) is 10.9 Å². The van der Waals surface area contributed by atoms with E-state index in [1.807, 2.05) is 13.0 Å². The maximum absolute atomic E-state index is 13.5. The molecular weight excluding hydrogens is 445 g/mol. The van der Waals surface area contributed by atoms with Crippen molar-refractivity contribution in [1.82, 2.24) is 14.9 Å². The van der Waals surface area contributed by atoms with Gasteiger partial charge in [0, 0.05) is 29.8 Å². The molecule has 0 spiro atoms. The molecule has 0 bridgehead atoms. The van der Waals surface area contributed by atoms with Gasteiger partial charge in [-0.3, -0.25) is 9.69 Å². The largest absolute Gasteiger partial charge is 0.492 e. The first-order chi connectivity index (χ1) is 16.0. The first-order valence-electron chi connectivity index (χ1n) is 10.9. The Bertz CT molecular complexity index is 1180. The minimum atomic E-state index is -0.501. The number of rotatable bonds is 8. The van der Waals surface area contributed by atoms with Crippen LogP contribution in [0, 0.1) is 5.82 Å². The first kappa shape index (κ1) is 22.9. The number of likely N-dealkylation sites (tertiary alicyclic amines) is 1. The fraction of sp³-hybridized carbons (Fsp3) is 0.292. The summed E-state index contributed by atoms with van der Waals surface area (Å²) < 4.78 is 19.2. The van der Waals surface area contributed by atoms with Crippen molar-refractivity contribution in [2.75, 3.05) is 36.9 Å². The Balaban J connectivity index is 1.59. The zero-order valence-electron chi connectivity index (χ0n) is 18.3. The summed E-state index contributed by atoms with van der Waals surface area (Å²) >= 11 is 5.90. The summed E-state index contributed by atoms with van der Waals surface area (Å²) in [6.07, 6.45) is 7.25. The molecule has 1 amide bonds. The minimum Gasteiger partial charge on any atom is -0.492 e. The molecule has 1 fully saturated rings. The van der Waals surface area contributed by atoms with Crippen molar-refractivity contribution in [3.05, 3.63) is 59.7 Å². The monoisotopic (exact) mass is 469 g/mol. The number of anilines is 3. The number of carbonyl (C=O) groups is 1. The SMILES string of the molecule is CCOc1cc2ncnc(Nc3ccc(F)c(Cl)c3)c2cc1NC(=O)C=CCN1CCCC1. The Morgan fingerprint density at radius 3 is 2.82 bits per heavy atom. The highest BCUT2D eigenvalue weighted by Gasteiger charge is 2.14. The average Bonchev–Trinajstić information content (AvgIpc) is 3.31. The zero-order chi connectivity index (χ0) is 23.2. The molecule has 172 valence electrons. The van der Waals surface area contributed by atoms with E-state index in [1.54, 1.807) is 24.3 Å². The predicted molar refractivity (Wildman–Crippen MR) is 129 cm³/mol. The van der Waals surface area contributed by atoms with Gasteiger partial charge in [0.2, 0.25) is 5.91 Å². The van der Waals surface area contributed by atoms with Crippen LogP contribution in [0.1, 0.15) is 19.8 Å². The fourth-order valence-electron chi connectivity index (χ4n) is 3.72. The summed E-state index contributed by atoms with van der Waals surface area (Å²) in [7, 11) is 0. The van der Waals surface area contributed by atoms with E-state index < -0.39 is 5.82 Å². The predicted octanol–water partition coefficient (Wildman–Crippen LogP) is 5.16. The van der Waals surface area contributed by atoms with Crippen LogP contribution in [0.25, 0.3) is 10.9 Å². The van der Waals surface area contributed by atoms with E-state index in [0.717, 1.165) is 19.6 Å². The molecule has 1 aromatic heterocycles. The number of nitrogens with zero attached hydrogens (tertiary/aromatic N) is 3.